The first-order valence-electron chi connectivity index (χ1n) is 3.96. The average Bonchev–Trinajstić information content (AvgIpc) is 2.08. The Morgan fingerprint density at radius 2 is 2.21 bits per heavy atom. The minimum atomic E-state index is -1.04. The molecule has 0 radical (unpaired) electrons. The van der Waals surface area contributed by atoms with Crippen molar-refractivity contribution in [2.45, 2.75) is 12.5 Å². The lowest BCUT2D eigenvalue weighted by Crippen LogP contribution is -2.14. The number of rotatable bonds is 3. The van der Waals surface area contributed by atoms with Crippen molar-refractivity contribution in [3.63, 3.8) is 0 Å². The molecule has 0 bridgehead atoms. The van der Waals surface area contributed by atoms with E-state index in [9.17, 15) is 9.18 Å². The molecule has 0 aromatic heterocycles. The number of benzene rings is 1. The molecule has 0 fully saturated rings. The number of phenols is 1. The highest BCUT2D eigenvalue weighted by molar-refractivity contribution is 5.67. The zero-order valence-corrected chi connectivity index (χ0v) is 7.27. The summed E-state index contributed by atoms with van der Waals surface area (Å²) >= 11 is 0. The van der Waals surface area contributed by atoms with E-state index in [2.05, 4.69) is 0 Å². The second-order valence-electron chi connectivity index (χ2n) is 2.92. The minimum absolute atomic E-state index is 0.259. The number of hydrogen-bond acceptors (Lipinski definition) is 3. The van der Waals surface area contributed by atoms with Gasteiger partial charge in [-0.1, -0.05) is 6.07 Å². The maximum atomic E-state index is 12.6. The van der Waals surface area contributed by atoms with Crippen LogP contribution >= 0.6 is 0 Å². The highest BCUT2D eigenvalue weighted by atomic mass is 19.1. The van der Waals surface area contributed by atoms with Gasteiger partial charge in [-0.25, -0.2) is 4.39 Å². The lowest BCUT2D eigenvalue weighted by atomic mass is 10.0. The van der Waals surface area contributed by atoms with Crippen molar-refractivity contribution >= 4 is 5.97 Å². The van der Waals surface area contributed by atoms with Gasteiger partial charge >= 0.3 is 5.97 Å². The number of aliphatic carboxylic acids is 1. The van der Waals surface area contributed by atoms with Crippen molar-refractivity contribution in [2.24, 2.45) is 5.73 Å². The van der Waals surface area contributed by atoms with E-state index in [1.807, 2.05) is 0 Å². The number of carbonyl (C=O) groups is 1. The molecule has 0 heterocycles. The van der Waals surface area contributed by atoms with Crippen LogP contribution in [-0.4, -0.2) is 16.2 Å². The topological polar surface area (TPSA) is 83.6 Å². The molecule has 0 aliphatic heterocycles. The number of nitrogens with two attached hydrogens (primary N) is 1. The van der Waals surface area contributed by atoms with Gasteiger partial charge in [0.25, 0.3) is 0 Å². The first kappa shape index (κ1) is 10.5. The van der Waals surface area contributed by atoms with Crippen LogP contribution < -0.4 is 5.73 Å². The molecule has 0 spiro atoms. The molecule has 14 heavy (non-hydrogen) atoms. The van der Waals surface area contributed by atoms with E-state index in [1.54, 1.807) is 0 Å². The Morgan fingerprint density at radius 1 is 1.57 bits per heavy atom. The van der Waals surface area contributed by atoms with Crippen molar-refractivity contribution in [3.8, 4) is 5.75 Å². The Hall–Kier alpha value is -1.62. The molecule has 1 rings (SSSR count). The van der Waals surface area contributed by atoms with Crippen LogP contribution in [0.1, 0.15) is 18.0 Å². The van der Waals surface area contributed by atoms with E-state index < -0.39 is 23.6 Å². The minimum Gasteiger partial charge on any atom is -0.505 e. The number of carboxylic acid groups (broad SMARTS) is 1. The third-order valence-electron chi connectivity index (χ3n) is 1.79. The predicted octanol–water partition coefficient (Wildman–Crippen LogP) is 1.01. The van der Waals surface area contributed by atoms with Gasteiger partial charge in [0.2, 0.25) is 0 Å². The fourth-order valence-electron chi connectivity index (χ4n) is 1.07. The van der Waals surface area contributed by atoms with E-state index in [1.165, 1.54) is 6.07 Å². The summed E-state index contributed by atoms with van der Waals surface area (Å²) in [4.78, 5) is 10.3. The molecule has 0 amide bonds. The molecule has 1 aromatic rings. The van der Waals surface area contributed by atoms with Gasteiger partial charge in [0, 0.05) is 6.04 Å². The second kappa shape index (κ2) is 4.06. The summed E-state index contributed by atoms with van der Waals surface area (Å²) in [5.41, 5.74) is 5.90. The van der Waals surface area contributed by atoms with Crippen molar-refractivity contribution in [3.05, 3.63) is 29.6 Å². The molecule has 0 aliphatic rings. The highest BCUT2D eigenvalue weighted by Crippen LogP contribution is 2.21. The average molecular weight is 199 g/mol. The fraction of sp³-hybridized carbons (Fsp3) is 0.222. The lowest BCUT2D eigenvalue weighted by Gasteiger charge is -2.09. The summed E-state index contributed by atoms with van der Waals surface area (Å²) in [6.07, 6.45) is -0.259. The van der Waals surface area contributed by atoms with Crippen LogP contribution in [0.5, 0.6) is 5.75 Å². The number of hydrogen-bond donors (Lipinski definition) is 3. The number of halogens is 1. The van der Waals surface area contributed by atoms with Crippen molar-refractivity contribution < 1.29 is 19.4 Å². The third-order valence-corrected chi connectivity index (χ3v) is 1.79. The Balaban J connectivity index is 2.85. The summed E-state index contributed by atoms with van der Waals surface area (Å²) in [5, 5.41) is 17.5. The molecule has 0 aliphatic carbocycles. The zero-order chi connectivity index (χ0) is 10.7. The van der Waals surface area contributed by atoms with Crippen molar-refractivity contribution in [1.29, 1.82) is 0 Å². The van der Waals surface area contributed by atoms with Gasteiger partial charge in [-0.15, -0.1) is 0 Å². The van der Waals surface area contributed by atoms with Gasteiger partial charge in [0.1, 0.15) is 0 Å². The first-order chi connectivity index (χ1) is 6.50. The molecule has 4 N–H and O–H groups in total. The summed E-state index contributed by atoms with van der Waals surface area (Å²) in [5.74, 6) is -2.32. The SMILES string of the molecule is NC(CC(=O)O)c1ccc(F)c(O)c1. The lowest BCUT2D eigenvalue weighted by molar-refractivity contribution is -0.137. The quantitative estimate of drug-likeness (QED) is 0.678. The molecule has 0 saturated carbocycles. The smallest absolute Gasteiger partial charge is 0.305 e. The van der Waals surface area contributed by atoms with E-state index in [-0.39, 0.29) is 6.42 Å². The van der Waals surface area contributed by atoms with Gasteiger partial charge in [0.05, 0.1) is 6.42 Å². The Kier molecular flexibility index (Phi) is 3.03. The molecule has 0 saturated heterocycles. The summed E-state index contributed by atoms with van der Waals surface area (Å²) in [6.45, 7) is 0. The largest absolute Gasteiger partial charge is 0.505 e. The number of aromatic hydroxyl groups is 1. The monoisotopic (exact) mass is 199 g/mol. The molecule has 4 nitrogen and oxygen atoms in total. The maximum Gasteiger partial charge on any atom is 0.305 e. The Bertz CT molecular complexity index is 354. The van der Waals surface area contributed by atoms with Crippen molar-refractivity contribution in [1.82, 2.24) is 0 Å². The first-order valence-corrected chi connectivity index (χ1v) is 3.96. The standard InChI is InChI=1S/C9H10FNO3/c10-6-2-1-5(3-8(6)12)7(11)4-9(13)14/h1-3,7,12H,4,11H2,(H,13,14). The van der Waals surface area contributed by atoms with Crippen LogP contribution in [-0.2, 0) is 4.79 Å². The van der Waals surface area contributed by atoms with Gasteiger partial charge in [-0.3, -0.25) is 4.79 Å². The van der Waals surface area contributed by atoms with Crippen molar-refractivity contribution in [2.75, 3.05) is 0 Å². The van der Waals surface area contributed by atoms with E-state index in [4.69, 9.17) is 15.9 Å². The van der Waals surface area contributed by atoms with E-state index in [0.717, 1.165) is 12.1 Å². The summed E-state index contributed by atoms with van der Waals surface area (Å²) in [6, 6.07) is 2.79. The van der Waals surface area contributed by atoms with Crippen LogP contribution in [0.4, 0.5) is 4.39 Å². The maximum absolute atomic E-state index is 12.6. The second-order valence-corrected chi connectivity index (χ2v) is 2.92. The summed E-state index contributed by atoms with van der Waals surface area (Å²) in [7, 11) is 0. The highest BCUT2D eigenvalue weighted by Gasteiger charge is 2.12. The van der Waals surface area contributed by atoms with Gasteiger partial charge in [0.15, 0.2) is 11.6 Å². The predicted molar refractivity (Wildman–Crippen MR) is 47.2 cm³/mol. The zero-order valence-electron chi connectivity index (χ0n) is 7.27. The van der Waals surface area contributed by atoms with Gasteiger partial charge in [-0.2, -0.15) is 0 Å². The normalized spacial score (nSPS) is 12.4. The molecule has 1 unspecified atom stereocenters. The van der Waals surface area contributed by atoms with E-state index in [0.29, 0.717) is 5.56 Å². The van der Waals surface area contributed by atoms with Crippen LogP contribution in [0.15, 0.2) is 18.2 Å². The number of phenolic OH excluding ortho intramolecular Hbond substituents is 1. The fourth-order valence-corrected chi connectivity index (χ4v) is 1.07. The molecule has 1 aromatic carbocycles. The van der Waals surface area contributed by atoms with Gasteiger partial charge in [-0.05, 0) is 17.7 Å². The molecule has 76 valence electrons. The third kappa shape index (κ3) is 2.43. The summed E-state index contributed by atoms with van der Waals surface area (Å²) < 4.78 is 12.6. The van der Waals surface area contributed by atoms with E-state index >= 15 is 0 Å². The van der Waals surface area contributed by atoms with Crippen LogP contribution in [0.3, 0.4) is 0 Å². The molecule has 1 atom stereocenters. The Morgan fingerprint density at radius 3 is 2.71 bits per heavy atom. The molecular weight excluding hydrogens is 189 g/mol. The van der Waals surface area contributed by atoms with Crippen LogP contribution in [0.25, 0.3) is 0 Å². The Labute approximate surface area is 79.8 Å². The van der Waals surface area contributed by atoms with Gasteiger partial charge < -0.3 is 15.9 Å². The number of carboxylic acids is 1. The van der Waals surface area contributed by atoms with Crippen LogP contribution in [0, 0.1) is 5.82 Å². The molecule has 5 heteroatoms. The molecular formula is C9H10FNO3. The van der Waals surface area contributed by atoms with Crippen LogP contribution in [0.2, 0.25) is 0 Å².